The molecule has 0 radical (unpaired) electrons. The van der Waals surface area contributed by atoms with Crippen LogP contribution in [0.2, 0.25) is 0 Å². The SMILES string of the molecule is C=COC1C/C(=C/CN2/C(=C/C(=C)C(=N)N)C(=C)CC2C=O)CCCC1=C. The fourth-order valence-corrected chi connectivity index (χ4v) is 3.49. The first-order valence-corrected chi connectivity index (χ1v) is 9.14. The van der Waals surface area contributed by atoms with E-state index in [1.807, 2.05) is 4.90 Å². The van der Waals surface area contributed by atoms with Crippen LogP contribution in [0.25, 0.3) is 0 Å². The second-order valence-corrected chi connectivity index (χ2v) is 7.00. The highest BCUT2D eigenvalue weighted by Gasteiger charge is 2.30. The molecule has 27 heavy (non-hydrogen) atoms. The van der Waals surface area contributed by atoms with Crippen LogP contribution in [0.3, 0.4) is 0 Å². The summed E-state index contributed by atoms with van der Waals surface area (Å²) in [6.07, 6.45) is 10.6. The zero-order valence-electron chi connectivity index (χ0n) is 15.9. The van der Waals surface area contributed by atoms with E-state index >= 15 is 0 Å². The van der Waals surface area contributed by atoms with E-state index in [0.29, 0.717) is 18.5 Å². The molecule has 2 fully saturated rings. The van der Waals surface area contributed by atoms with Crippen LogP contribution in [-0.2, 0) is 9.53 Å². The van der Waals surface area contributed by atoms with Gasteiger partial charge in [0.15, 0.2) is 0 Å². The Bertz CT molecular complexity index is 730. The molecule has 2 rings (SSSR count). The van der Waals surface area contributed by atoms with E-state index in [2.05, 4.69) is 32.4 Å². The maximum Gasteiger partial charge on any atom is 0.142 e. The summed E-state index contributed by atoms with van der Waals surface area (Å²) in [5.41, 5.74) is 9.99. The van der Waals surface area contributed by atoms with Gasteiger partial charge in [-0.3, -0.25) is 5.41 Å². The predicted molar refractivity (Wildman–Crippen MR) is 110 cm³/mol. The van der Waals surface area contributed by atoms with E-state index in [1.54, 1.807) is 6.08 Å². The van der Waals surface area contributed by atoms with Crippen molar-refractivity contribution in [3.63, 3.8) is 0 Å². The number of hydrogen-bond donors (Lipinski definition) is 2. The third-order valence-electron chi connectivity index (χ3n) is 5.08. The van der Waals surface area contributed by atoms with Crippen molar-refractivity contribution in [2.45, 2.75) is 44.2 Å². The molecule has 1 saturated carbocycles. The van der Waals surface area contributed by atoms with Gasteiger partial charge < -0.3 is 20.2 Å². The Morgan fingerprint density at radius 2 is 2.07 bits per heavy atom. The van der Waals surface area contributed by atoms with E-state index < -0.39 is 0 Å². The summed E-state index contributed by atoms with van der Waals surface area (Å²) in [5.74, 6) is -0.0881. The fourth-order valence-electron chi connectivity index (χ4n) is 3.49. The molecule has 0 bridgehead atoms. The zero-order chi connectivity index (χ0) is 20.0. The van der Waals surface area contributed by atoms with Crippen molar-refractivity contribution in [2.24, 2.45) is 5.73 Å². The fraction of sp³-hybridized carbons (Fsp3) is 0.364. The Balaban J connectivity index is 2.21. The average molecular weight is 367 g/mol. The van der Waals surface area contributed by atoms with Crippen LogP contribution >= 0.6 is 0 Å². The molecule has 0 spiro atoms. The minimum absolute atomic E-state index is 0.0424. The van der Waals surface area contributed by atoms with Crippen LogP contribution in [0.5, 0.6) is 0 Å². The predicted octanol–water partition coefficient (Wildman–Crippen LogP) is 3.78. The summed E-state index contributed by atoms with van der Waals surface area (Å²) in [4.78, 5) is 13.6. The minimum atomic E-state index is -0.263. The number of rotatable bonds is 7. The first-order valence-electron chi connectivity index (χ1n) is 9.14. The summed E-state index contributed by atoms with van der Waals surface area (Å²) in [5, 5.41) is 7.53. The number of ether oxygens (including phenoxy) is 1. The van der Waals surface area contributed by atoms with Gasteiger partial charge in [0, 0.05) is 30.7 Å². The van der Waals surface area contributed by atoms with Crippen LogP contribution in [0.1, 0.15) is 32.1 Å². The average Bonchev–Trinajstić information content (AvgIpc) is 2.81. The van der Waals surface area contributed by atoms with Gasteiger partial charge in [-0.25, -0.2) is 0 Å². The molecule has 2 aliphatic rings. The molecule has 2 atom stereocenters. The maximum atomic E-state index is 11.6. The summed E-state index contributed by atoms with van der Waals surface area (Å²) >= 11 is 0. The molecule has 5 heteroatoms. The third kappa shape index (κ3) is 5.09. The van der Waals surface area contributed by atoms with Gasteiger partial charge in [-0.15, -0.1) is 0 Å². The zero-order valence-corrected chi connectivity index (χ0v) is 15.9. The highest BCUT2D eigenvalue weighted by atomic mass is 16.5. The normalized spacial score (nSPS) is 26.1. The molecule has 3 N–H and O–H groups in total. The second-order valence-electron chi connectivity index (χ2n) is 7.00. The molecule has 1 saturated heterocycles. The lowest BCUT2D eigenvalue weighted by atomic mass is 10.0. The summed E-state index contributed by atoms with van der Waals surface area (Å²) in [6.45, 7) is 16.2. The van der Waals surface area contributed by atoms with Crippen molar-refractivity contribution in [1.29, 1.82) is 5.41 Å². The van der Waals surface area contributed by atoms with Gasteiger partial charge in [-0.05, 0) is 36.5 Å². The molecular weight excluding hydrogens is 338 g/mol. The summed E-state index contributed by atoms with van der Waals surface area (Å²) < 4.78 is 5.62. The smallest absolute Gasteiger partial charge is 0.142 e. The topological polar surface area (TPSA) is 79.4 Å². The van der Waals surface area contributed by atoms with E-state index in [4.69, 9.17) is 15.9 Å². The molecule has 1 heterocycles. The first-order chi connectivity index (χ1) is 12.9. The van der Waals surface area contributed by atoms with Crippen LogP contribution in [-0.4, -0.2) is 35.7 Å². The molecule has 1 aliphatic heterocycles. The van der Waals surface area contributed by atoms with Gasteiger partial charge in [0.25, 0.3) is 0 Å². The second kappa shape index (κ2) is 9.21. The van der Waals surface area contributed by atoms with Gasteiger partial charge in [0.1, 0.15) is 18.2 Å². The summed E-state index contributed by atoms with van der Waals surface area (Å²) in [6, 6.07) is -0.263. The molecule has 0 aromatic rings. The Morgan fingerprint density at radius 1 is 1.33 bits per heavy atom. The monoisotopic (exact) mass is 367 g/mol. The standard InChI is InChI=1S/C22H29N3O2/c1-5-27-21-13-18(8-6-7-15(21)2)9-10-25-19(14-26)11-16(3)20(25)12-17(4)22(23)24/h5,9,12,14,19,21H,1-4,6-8,10-11,13H2,(H3,23,24)/b18-9+,20-12+. The number of allylic oxidation sites excluding steroid dienone is 1. The highest BCUT2D eigenvalue weighted by Crippen LogP contribution is 2.33. The third-order valence-corrected chi connectivity index (χ3v) is 5.08. The Morgan fingerprint density at radius 3 is 2.70 bits per heavy atom. The Kier molecular flexibility index (Phi) is 6.99. The molecule has 0 amide bonds. The van der Waals surface area contributed by atoms with E-state index in [9.17, 15) is 4.79 Å². The van der Waals surface area contributed by atoms with Crippen molar-refractivity contribution in [2.75, 3.05) is 6.54 Å². The lowest BCUT2D eigenvalue weighted by Crippen LogP contribution is -2.30. The lowest BCUT2D eigenvalue weighted by molar-refractivity contribution is -0.111. The van der Waals surface area contributed by atoms with Crippen molar-refractivity contribution >= 4 is 12.1 Å². The molecule has 5 nitrogen and oxygen atoms in total. The number of amidine groups is 1. The largest absolute Gasteiger partial charge is 0.494 e. The number of hydrogen-bond acceptors (Lipinski definition) is 4. The lowest BCUT2D eigenvalue weighted by Gasteiger charge is -2.24. The number of nitrogens with zero attached hydrogens (tertiary/aromatic N) is 1. The Labute approximate surface area is 161 Å². The van der Waals surface area contributed by atoms with Gasteiger partial charge in [-0.1, -0.05) is 38.0 Å². The van der Waals surface area contributed by atoms with Crippen molar-refractivity contribution < 1.29 is 9.53 Å². The number of aldehydes is 1. The van der Waals surface area contributed by atoms with E-state index in [-0.39, 0.29) is 18.0 Å². The van der Waals surface area contributed by atoms with E-state index in [1.165, 1.54) is 11.8 Å². The van der Waals surface area contributed by atoms with Crippen LogP contribution in [0, 0.1) is 5.41 Å². The summed E-state index contributed by atoms with van der Waals surface area (Å²) in [7, 11) is 0. The number of nitrogens with two attached hydrogens (primary N) is 1. The molecule has 144 valence electrons. The van der Waals surface area contributed by atoms with Gasteiger partial charge >= 0.3 is 0 Å². The Hall–Kier alpha value is -2.82. The van der Waals surface area contributed by atoms with Crippen LogP contribution in [0.15, 0.2) is 72.7 Å². The number of nitrogens with one attached hydrogen (secondary N) is 1. The molecule has 2 unspecified atom stereocenters. The maximum absolute atomic E-state index is 11.6. The first kappa shape index (κ1) is 20.5. The quantitative estimate of drug-likeness (QED) is 0.179. The molecule has 0 aromatic heterocycles. The van der Waals surface area contributed by atoms with Gasteiger partial charge in [0.2, 0.25) is 0 Å². The number of carbonyl (C=O) groups excluding carboxylic acids is 1. The molecular formula is C22H29N3O2. The van der Waals surface area contributed by atoms with Crippen LogP contribution < -0.4 is 5.73 Å². The van der Waals surface area contributed by atoms with Gasteiger partial charge in [0.05, 0.1) is 12.3 Å². The van der Waals surface area contributed by atoms with Crippen molar-refractivity contribution in [3.8, 4) is 0 Å². The van der Waals surface area contributed by atoms with Crippen molar-refractivity contribution in [1.82, 2.24) is 4.90 Å². The number of likely N-dealkylation sites (tertiary alicyclic amines) is 1. The minimum Gasteiger partial charge on any atom is -0.494 e. The van der Waals surface area contributed by atoms with Crippen molar-refractivity contribution in [3.05, 3.63) is 72.7 Å². The molecule has 0 aromatic carbocycles. The highest BCUT2D eigenvalue weighted by molar-refractivity contribution is 5.96. The molecule has 1 aliphatic carbocycles. The number of carbonyl (C=O) groups is 1. The van der Waals surface area contributed by atoms with E-state index in [0.717, 1.165) is 48.8 Å². The van der Waals surface area contributed by atoms with Crippen LogP contribution in [0.4, 0.5) is 0 Å². The van der Waals surface area contributed by atoms with Gasteiger partial charge in [-0.2, -0.15) is 0 Å².